The van der Waals surface area contributed by atoms with Gasteiger partial charge in [0.15, 0.2) is 0 Å². The summed E-state index contributed by atoms with van der Waals surface area (Å²) in [4.78, 5) is 33.3. The van der Waals surface area contributed by atoms with E-state index in [0.717, 1.165) is 6.42 Å². The Morgan fingerprint density at radius 3 is 2.52 bits per heavy atom. The number of carbonyl (C=O) groups is 3. The zero-order chi connectivity index (χ0) is 15.7. The molecular weight excluding hydrogens is 278 g/mol. The van der Waals surface area contributed by atoms with E-state index in [1.54, 1.807) is 0 Å². The molecule has 0 unspecified atom stereocenters. The molecule has 1 aromatic rings. The number of carbonyl (C=O) groups excluding carboxylic acids is 2. The molecule has 0 aliphatic heterocycles. The van der Waals surface area contributed by atoms with Crippen molar-refractivity contribution in [1.82, 2.24) is 16.0 Å². The lowest BCUT2D eigenvalue weighted by Gasteiger charge is -2.06. The predicted octanol–water partition coefficient (Wildman–Crippen LogP) is 0.693. The normalized spacial score (nSPS) is 9.95. The van der Waals surface area contributed by atoms with Crippen LogP contribution in [0.15, 0.2) is 16.5 Å². The van der Waals surface area contributed by atoms with Crippen molar-refractivity contribution in [3.05, 3.63) is 23.7 Å². The average Bonchev–Trinajstić information content (AvgIpc) is 2.92. The summed E-state index contributed by atoms with van der Waals surface area (Å²) in [6.07, 6.45) is 1.07. The number of amides is 3. The minimum Gasteiger partial charge on any atom is -0.475 e. The van der Waals surface area contributed by atoms with Crippen LogP contribution in [0.3, 0.4) is 0 Å². The van der Waals surface area contributed by atoms with Gasteiger partial charge in [0.2, 0.25) is 11.7 Å². The third kappa shape index (κ3) is 6.46. The van der Waals surface area contributed by atoms with E-state index in [2.05, 4.69) is 16.0 Å². The zero-order valence-corrected chi connectivity index (χ0v) is 11.8. The van der Waals surface area contributed by atoms with E-state index in [4.69, 9.17) is 9.52 Å². The van der Waals surface area contributed by atoms with Crippen LogP contribution in [-0.2, 0) is 11.3 Å². The Morgan fingerprint density at radius 2 is 1.90 bits per heavy atom. The summed E-state index contributed by atoms with van der Waals surface area (Å²) >= 11 is 0. The van der Waals surface area contributed by atoms with Crippen molar-refractivity contribution < 1.29 is 23.9 Å². The highest BCUT2D eigenvalue weighted by molar-refractivity contribution is 5.84. The summed E-state index contributed by atoms with van der Waals surface area (Å²) in [6, 6.07) is 2.34. The van der Waals surface area contributed by atoms with Crippen LogP contribution in [0, 0.1) is 0 Å². The Kier molecular flexibility index (Phi) is 6.79. The van der Waals surface area contributed by atoms with Gasteiger partial charge in [0.05, 0.1) is 6.54 Å². The molecular formula is C13H19N3O5. The van der Waals surface area contributed by atoms with Crippen LogP contribution in [0.2, 0.25) is 0 Å². The molecule has 21 heavy (non-hydrogen) atoms. The number of urea groups is 1. The van der Waals surface area contributed by atoms with Crippen molar-refractivity contribution in [2.24, 2.45) is 0 Å². The lowest BCUT2D eigenvalue weighted by atomic mass is 10.4. The fourth-order valence-corrected chi connectivity index (χ4v) is 1.46. The first-order valence-electron chi connectivity index (χ1n) is 6.63. The molecule has 0 fully saturated rings. The van der Waals surface area contributed by atoms with Crippen molar-refractivity contribution in [3.8, 4) is 0 Å². The molecule has 0 aliphatic rings. The Morgan fingerprint density at radius 1 is 1.14 bits per heavy atom. The lowest BCUT2D eigenvalue weighted by molar-refractivity contribution is -0.120. The van der Waals surface area contributed by atoms with E-state index in [-0.39, 0.29) is 31.2 Å². The van der Waals surface area contributed by atoms with Crippen molar-refractivity contribution in [2.75, 3.05) is 13.1 Å². The number of hydrogen-bond donors (Lipinski definition) is 4. The maximum absolute atomic E-state index is 11.4. The minimum absolute atomic E-state index is 0.0706. The number of nitrogens with one attached hydrogen (secondary N) is 3. The van der Waals surface area contributed by atoms with E-state index in [9.17, 15) is 14.4 Å². The average molecular weight is 297 g/mol. The molecule has 0 atom stereocenters. The Hall–Kier alpha value is -2.51. The van der Waals surface area contributed by atoms with Gasteiger partial charge in [-0.2, -0.15) is 0 Å². The van der Waals surface area contributed by atoms with Gasteiger partial charge in [0.1, 0.15) is 5.76 Å². The van der Waals surface area contributed by atoms with Crippen molar-refractivity contribution in [2.45, 2.75) is 26.3 Å². The molecule has 0 aliphatic carbocycles. The van der Waals surface area contributed by atoms with Gasteiger partial charge in [0, 0.05) is 19.5 Å². The Balaban J connectivity index is 2.18. The van der Waals surface area contributed by atoms with Gasteiger partial charge in [-0.1, -0.05) is 6.92 Å². The van der Waals surface area contributed by atoms with Gasteiger partial charge >= 0.3 is 12.0 Å². The van der Waals surface area contributed by atoms with E-state index in [1.807, 2.05) is 6.92 Å². The standard InChI is InChI=1S/C13H19N3O5/c1-2-6-14-11(17)5-7-15-13(20)16-8-9-3-4-10(21-9)12(18)19/h3-4H,2,5-8H2,1H3,(H,14,17)(H,18,19)(H2,15,16,20). The van der Waals surface area contributed by atoms with Crippen LogP contribution in [0.5, 0.6) is 0 Å². The van der Waals surface area contributed by atoms with Crippen LogP contribution >= 0.6 is 0 Å². The third-order valence-electron chi connectivity index (χ3n) is 2.51. The second-order valence-electron chi connectivity index (χ2n) is 4.28. The topological polar surface area (TPSA) is 121 Å². The van der Waals surface area contributed by atoms with Crippen LogP contribution in [0.4, 0.5) is 4.79 Å². The number of aromatic carboxylic acids is 1. The molecule has 3 amide bonds. The van der Waals surface area contributed by atoms with E-state index in [1.165, 1.54) is 12.1 Å². The number of carboxylic acids is 1. The van der Waals surface area contributed by atoms with Gasteiger partial charge in [0.25, 0.3) is 0 Å². The molecule has 0 aromatic carbocycles. The maximum Gasteiger partial charge on any atom is 0.371 e. The highest BCUT2D eigenvalue weighted by Crippen LogP contribution is 2.07. The molecule has 1 rings (SSSR count). The molecule has 0 saturated heterocycles. The second-order valence-corrected chi connectivity index (χ2v) is 4.28. The highest BCUT2D eigenvalue weighted by atomic mass is 16.4. The van der Waals surface area contributed by atoms with Crippen LogP contribution < -0.4 is 16.0 Å². The molecule has 8 nitrogen and oxygen atoms in total. The molecule has 8 heteroatoms. The van der Waals surface area contributed by atoms with Crippen molar-refractivity contribution in [3.63, 3.8) is 0 Å². The number of carboxylic acid groups (broad SMARTS) is 1. The molecule has 0 bridgehead atoms. The fourth-order valence-electron chi connectivity index (χ4n) is 1.46. The summed E-state index contributed by atoms with van der Waals surface area (Å²) < 4.78 is 4.98. The lowest BCUT2D eigenvalue weighted by Crippen LogP contribution is -2.37. The van der Waals surface area contributed by atoms with Crippen LogP contribution in [-0.4, -0.2) is 36.1 Å². The molecule has 0 spiro atoms. The minimum atomic E-state index is -1.16. The number of hydrogen-bond acceptors (Lipinski definition) is 4. The first kappa shape index (κ1) is 16.5. The van der Waals surface area contributed by atoms with E-state index < -0.39 is 12.0 Å². The van der Waals surface area contributed by atoms with E-state index >= 15 is 0 Å². The Bertz CT molecular complexity index is 498. The molecule has 116 valence electrons. The predicted molar refractivity (Wildman–Crippen MR) is 73.8 cm³/mol. The van der Waals surface area contributed by atoms with Crippen molar-refractivity contribution in [1.29, 1.82) is 0 Å². The van der Waals surface area contributed by atoms with Gasteiger partial charge in [-0.3, -0.25) is 4.79 Å². The van der Waals surface area contributed by atoms with Gasteiger partial charge in [-0.25, -0.2) is 9.59 Å². The molecule has 1 aromatic heterocycles. The SMILES string of the molecule is CCCNC(=O)CCNC(=O)NCc1ccc(C(=O)O)o1. The Labute approximate surface area is 121 Å². The van der Waals surface area contributed by atoms with Gasteiger partial charge < -0.3 is 25.5 Å². The number of rotatable bonds is 8. The smallest absolute Gasteiger partial charge is 0.371 e. The van der Waals surface area contributed by atoms with E-state index in [0.29, 0.717) is 12.3 Å². The quantitative estimate of drug-likeness (QED) is 0.562. The summed E-state index contributed by atoms with van der Waals surface area (Å²) in [7, 11) is 0. The summed E-state index contributed by atoms with van der Waals surface area (Å²) in [5.74, 6) is -1.12. The fraction of sp³-hybridized carbons (Fsp3) is 0.462. The zero-order valence-electron chi connectivity index (χ0n) is 11.8. The summed E-state index contributed by atoms with van der Waals surface area (Å²) in [5.41, 5.74) is 0. The van der Waals surface area contributed by atoms with Crippen LogP contribution in [0.25, 0.3) is 0 Å². The first-order chi connectivity index (χ1) is 10.0. The number of furan rings is 1. The van der Waals surface area contributed by atoms with Gasteiger partial charge in [-0.05, 0) is 18.6 Å². The molecule has 1 heterocycles. The van der Waals surface area contributed by atoms with Gasteiger partial charge in [-0.15, -0.1) is 0 Å². The second kappa shape index (κ2) is 8.62. The summed E-state index contributed by atoms with van der Waals surface area (Å²) in [5, 5.41) is 16.4. The summed E-state index contributed by atoms with van der Waals surface area (Å²) in [6.45, 7) is 2.87. The maximum atomic E-state index is 11.4. The largest absolute Gasteiger partial charge is 0.475 e. The van der Waals surface area contributed by atoms with Crippen LogP contribution in [0.1, 0.15) is 36.1 Å². The highest BCUT2D eigenvalue weighted by Gasteiger charge is 2.09. The first-order valence-corrected chi connectivity index (χ1v) is 6.63. The molecule has 0 radical (unpaired) electrons. The van der Waals surface area contributed by atoms with Crippen molar-refractivity contribution >= 4 is 17.9 Å². The molecule has 4 N–H and O–H groups in total. The third-order valence-corrected chi connectivity index (χ3v) is 2.51. The monoisotopic (exact) mass is 297 g/mol. The molecule has 0 saturated carbocycles.